The van der Waals surface area contributed by atoms with E-state index in [0.29, 0.717) is 18.8 Å². The lowest BCUT2D eigenvalue weighted by Crippen LogP contribution is -2.10. The molecule has 1 amide bonds. The van der Waals surface area contributed by atoms with Crippen LogP contribution >= 0.6 is 0 Å². The minimum atomic E-state index is -0.276. The number of carbonyl (C=O) groups is 1. The lowest BCUT2D eigenvalue weighted by atomic mass is 9.97. The van der Waals surface area contributed by atoms with Crippen molar-refractivity contribution in [3.63, 3.8) is 0 Å². The smallest absolute Gasteiger partial charge is 0.217 e. The number of carbonyl (C=O) groups excluding carboxylic acids is 1. The molecule has 21 heavy (non-hydrogen) atoms. The average molecular weight is 285 g/mol. The molecule has 1 heterocycles. The third-order valence-corrected chi connectivity index (χ3v) is 3.60. The number of hydrogen-bond donors (Lipinski definition) is 2. The Morgan fingerprint density at radius 1 is 1.29 bits per heavy atom. The van der Waals surface area contributed by atoms with Crippen LogP contribution in [-0.4, -0.2) is 10.9 Å². The highest BCUT2D eigenvalue weighted by molar-refractivity contribution is 5.93. The molecule has 2 rings (SSSR count). The fraction of sp³-hybridized carbons (Fsp3) is 0.412. The van der Waals surface area contributed by atoms with Gasteiger partial charge in [-0.05, 0) is 36.3 Å². The predicted molar refractivity (Wildman–Crippen MR) is 86.8 cm³/mol. The molecule has 2 aromatic rings. The van der Waals surface area contributed by atoms with Gasteiger partial charge in [-0.15, -0.1) is 0 Å². The molecule has 0 fully saturated rings. The Morgan fingerprint density at radius 2 is 2.05 bits per heavy atom. The lowest BCUT2D eigenvalue weighted by Gasteiger charge is -2.12. The Bertz CT molecular complexity index is 650. The second-order valence-corrected chi connectivity index (χ2v) is 5.93. The van der Waals surface area contributed by atoms with Crippen molar-refractivity contribution >= 4 is 22.5 Å². The number of nitrogens with zero attached hydrogens (tertiary/aromatic N) is 1. The fourth-order valence-electron chi connectivity index (χ4n) is 2.60. The Balaban J connectivity index is 2.32. The van der Waals surface area contributed by atoms with Gasteiger partial charge in [-0.1, -0.05) is 32.0 Å². The van der Waals surface area contributed by atoms with E-state index in [1.54, 1.807) is 0 Å². The third-order valence-electron chi connectivity index (χ3n) is 3.60. The van der Waals surface area contributed by atoms with Crippen LogP contribution in [0.25, 0.3) is 10.9 Å². The van der Waals surface area contributed by atoms with Crippen molar-refractivity contribution < 1.29 is 4.79 Å². The number of hydrogen-bond acceptors (Lipinski definition) is 3. The van der Waals surface area contributed by atoms with Crippen LogP contribution in [0, 0.1) is 5.92 Å². The van der Waals surface area contributed by atoms with Gasteiger partial charge < -0.3 is 11.5 Å². The summed E-state index contributed by atoms with van der Waals surface area (Å²) in [6.45, 7) is 4.39. The van der Waals surface area contributed by atoms with E-state index in [1.165, 1.54) is 5.56 Å². The summed E-state index contributed by atoms with van der Waals surface area (Å²) in [4.78, 5) is 15.4. The van der Waals surface area contributed by atoms with Crippen molar-refractivity contribution in [1.82, 2.24) is 4.98 Å². The quantitative estimate of drug-likeness (QED) is 0.856. The maximum atomic E-state index is 10.8. The Hall–Kier alpha value is -2.10. The maximum Gasteiger partial charge on any atom is 0.217 e. The van der Waals surface area contributed by atoms with Gasteiger partial charge in [0.15, 0.2) is 0 Å². The second-order valence-electron chi connectivity index (χ2n) is 5.93. The molecule has 0 aliphatic rings. The highest BCUT2D eigenvalue weighted by Gasteiger charge is 2.10. The van der Waals surface area contributed by atoms with Gasteiger partial charge in [-0.3, -0.25) is 9.78 Å². The molecule has 4 heteroatoms. The van der Waals surface area contributed by atoms with Gasteiger partial charge in [0.05, 0.1) is 5.52 Å². The van der Waals surface area contributed by atoms with Crippen LogP contribution in [-0.2, 0) is 17.6 Å². The number of nitrogen functional groups attached to an aromatic ring is 1. The summed E-state index contributed by atoms with van der Waals surface area (Å²) in [6, 6.07) is 6.16. The Labute approximate surface area is 125 Å². The highest BCUT2D eigenvalue weighted by atomic mass is 16.1. The number of aromatic nitrogens is 1. The monoisotopic (exact) mass is 285 g/mol. The zero-order valence-electron chi connectivity index (χ0n) is 12.7. The van der Waals surface area contributed by atoms with Crippen LogP contribution in [0.4, 0.5) is 5.69 Å². The fourth-order valence-corrected chi connectivity index (χ4v) is 2.60. The van der Waals surface area contributed by atoms with Crippen molar-refractivity contribution in [1.29, 1.82) is 0 Å². The number of aryl methyl sites for hydroxylation is 1. The maximum absolute atomic E-state index is 10.8. The van der Waals surface area contributed by atoms with E-state index in [1.807, 2.05) is 18.3 Å². The first-order chi connectivity index (χ1) is 9.99. The standard InChI is InChI=1S/C17H23N3O/c1-11(2)9-12-5-3-7-14-16(19)13(10-20-17(12)14)6-4-8-15(18)21/h3,5,7,10-11H,4,6,8-9H2,1-2H3,(H2,18,21)(H2,19,20). The topological polar surface area (TPSA) is 82.0 Å². The summed E-state index contributed by atoms with van der Waals surface area (Å²) in [5, 5.41) is 1.00. The summed E-state index contributed by atoms with van der Waals surface area (Å²) < 4.78 is 0. The SMILES string of the molecule is CC(C)Cc1cccc2c(N)c(CCCC(N)=O)cnc12. The minimum absolute atomic E-state index is 0.276. The number of para-hydroxylation sites is 1. The molecule has 0 bridgehead atoms. The van der Waals surface area contributed by atoms with E-state index in [4.69, 9.17) is 11.5 Å². The summed E-state index contributed by atoms with van der Waals surface area (Å²) in [6.07, 6.45) is 4.64. The zero-order chi connectivity index (χ0) is 15.4. The molecule has 1 aromatic heterocycles. The van der Waals surface area contributed by atoms with Crippen LogP contribution in [0.2, 0.25) is 0 Å². The number of rotatable bonds is 6. The van der Waals surface area contributed by atoms with Crippen LogP contribution in [0.5, 0.6) is 0 Å². The molecule has 4 N–H and O–H groups in total. The molecule has 1 aromatic carbocycles. The van der Waals surface area contributed by atoms with Crippen LogP contribution in [0.3, 0.4) is 0 Å². The molecular formula is C17H23N3O. The van der Waals surface area contributed by atoms with E-state index in [-0.39, 0.29) is 5.91 Å². The summed E-state index contributed by atoms with van der Waals surface area (Å²) >= 11 is 0. The molecule has 112 valence electrons. The van der Waals surface area contributed by atoms with Gasteiger partial charge in [0, 0.05) is 23.7 Å². The van der Waals surface area contributed by atoms with Crippen molar-refractivity contribution in [2.24, 2.45) is 11.7 Å². The first-order valence-corrected chi connectivity index (χ1v) is 7.42. The highest BCUT2D eigenvalue weighted by Crippen LogP contribution is 2.27. The lowest BCUT2D eigenvalue weighted by molar-refractivity contribution is -0.118. The van der Waals surface area contributed by atoms with Gasteiger partial charge in [0.1, 0.15) is 0 Å². The average Bonchev–Trinajstić information content (AvgIpc) is 2.41. The molecule has 0 spiro atoms. The first kappa shape index (κ1) is 15.3. The number of nitrogens with two attached hydrogens (primary N) is 2. The van der Waals surface area contributed by atoms with E-state index in [9.17, 15) is 4.79 Å². The molecule has 0 unspecified atom stereocenters. The molecule has 0 aliphatic heterocycles. The van der Waals surface area contributed by atoms with Gasteiger partial charge in [0.2, 0.25) is 5.91 Å². The summed E-state index contributed by atoms with van der Waals surface area (Å²) in [5.74, 6) is 0.301. The number of fused-ring (bicyclic) bond motifs is 1. The molecule has 0 radical (unpaired) electrons. The molecule has 0 saturated carbocycles. The molecule has 4 nitrogen and oxygen atoms in total. The molecule has 0 atom stereocenters. The van der Waals surface area contributed by atoms with E-state index in [2.05, 4.69) is 24.9 Å². The van der Waals surface area contributed by atoms with Crippen LogP contribution in [0.15, 0.2) is 24.4 Å². The van der Waals surface area contributed by atoms with Crippen molar-refractivity contribution in [2.75, 3.05) is 5.73 Å². The zero-order valence-corrected chi connectivity index (χ0v) is 12.7. The van der Waals surface area contributed by atoms with Crippen molar-refractivity contribution in [3.05, 3.63) is 35.5 Å². The molecule has 0 saturated heterocycles. The predicted octanol–water partition coefficient (Wildman–Crippen LogP) is 2.82. The Morgan fingerprint density at radius 3 is 2.71 bits per heavy atom. The van der Waals surface area contributed by atoms with Gasteiger partial charge in [-0.25, -0.2) is 0 Å². The largest absolute Gasteiger partial charge is 0.398 e. The number of pyridine rings is 1. The van der Waals surface area contributed by atoms with Crippen molar-refractivity contribution in [3.8, 4) is 0 Å². The van der Waals surface area contributed by atoms with Crippen LogP contribution in [0.1, 0.15) is 37.8 Å². The summed E-state index contributed by atoms with van der Waals surface area (Å²) in [7, 11) is 0. The van der Waals surface area contributed by atoms with Crippen LogP contribution < -0.4 is 11.5 Å². The van der Waals surface area contributed by atoms with E-state index >= 15 is 0 Å². The summed E-state index contributed by atoms with van der Waals surface area (Å²) in [5.41, 5.74) is 15.4. The number of amides is 1. The van der Waals surface area contributed by atoms with Gasteiger partial charge >= 0.3 is 0 Å². The minimum Gasteiger partial charge on any atom is -0.398 e. The molecule has 0 aliphatic carbocycles. The number of primary amides is 1. The first-order valence-electron chi connectivity index (χ1n) is 7.42. The number of benzene rings is 1. The third kappa shape index (κ3) is 3.72. The Kier molecular flexibility index (Phi) is 4.78. The second kappa shape index (κ2) is 6.57. The van der Waals surface area contributed by atoms with Gasteiger partial charge in [-0.2, -0.15) is 0 Å². The van der Waals surface area contributed by atoms with E-state index < -0.39 is 0 Å². The normalized spacial score (nSPS) is 11.2. The van der Waals surface area contributed by atoms with Gasteiger partial charge in [0.25, 0.3) is 0 Å². The van der Waals surface area contributed by atoms with Crippen molar-refractivity contribution in [2.45, 2.75) is 39.5 Å². The molecular weight excluding hydrogens is 262 g/mol. The van der Waals surface area contributed by atoms with E-state index in [0.717, 1.165) is 35.0 Å². The number of anilines is 1.